The minimum Gasteiger partial charge on any atom is -0.351 e. The Morgan fingerprint density at radius 2 is 1.38 bits per heavy atom. The van der Waals surface area contributed by atoms with E-state index < -0.39 is 5.79 Å². The highest BCUT2D eigenvalue weighted by Gasteiger charge is 3.01. The van der Waals surface area contributed by atoms with Gasteiger partial charge in [0.1, 0.15) is 0 Å². The van der Waals surface area contributed by atoms with Crippen LogP contribution in [0.25, 0.3) is 0 Å². The van der Waals surface area contributed by atoms with Crippen molar-refractivity contribution in [3.63, 3.8) is 0 Å². The topological polar surface area (TPSA) is 42.2 Å². The van der Waals surface area contributed by atoms with Gasteiger partial charge in [-0.15, -0.1) is 0 Å². The fourth-order valence-electron chi connectivity index (χ4n) is 7.02. The second kappa shape index (κ2) is 5.19. The van der Waals surface area contributed by atoms with Gasteiger partial charge in [0, 0.05) is 14.2 Å². The van der Waals surface area contributed by atoms with E-state index in [9.17, 15) is 5.26 Å². The Morgan fingerprint density at radius 3 is 1.88 bits per heavy atom. The van der Waals surface area contributed by atoms with Crippen molar-refractivity contribution in [2.75, 3.05) is 14.2 Å². The standard InChI is InChI=1S/C23H23NO2/c1-25-23(26-2)21(17-7-4-3-5-8-17)19-9-6-10-20(19)22(21,23)18-13-11-16(15-24)12-14-18/h3-5,7-8,11-14,19-20H,6,9-10H2,1-2H3/t19-,20+,21+,22-/m0/s1. The molecule has 0 bridgehead atoms. The summed E-state index contributed by atoms with van der Waals surface area (Å²) in [7, 11) is 3.57. The molecule has 5 rings (SSSR count). The summed E-state index contributed by atoms with van der Waals surface area (Å²) in [4.78, 5) is 0. The molecular formula is C23H23NO2. The first-order valence-corrected chi connectivity index (χ1v) is 9.41. The number of benzene rings is 2. The average Bonchev–Trinajstić information content (AvgIpc) is 2.90. The predicted molar refractivity (Wildman–Crippen MR) is 98.5 cm³/mol. The first kappa shape index (κ1) is 16.1. The molecule has 0 aromatic heterocycles. The predicted octanol–water partition coefficient (Wildman–Crippen LogP) is 4.17. The Labute approximate surface area is 154 Å². The summed E-state index contributed by atoms with van der Waals surface area (Å²) < 4.78 is 12.4. The van der Waals surface area contributed by atoms with Gasteiger partial charge < -0.3 is 9.47 Å². The second-order valence-corrected chi connectivity index (χ2v) is 7.84. The Bertz CT molecular complexity index is 881. The molecule has 2 aromatic carbocycles. The van der Waals surface area contributed by atoms with Crippen molar-refractivity contribution in [2.45, 2.75) is 35.9 Å². The minimum atomic E-state index is -0.634. The van der Waals surface area contributed by atoms with Crippen molar-refractivity contribution in [1.29, 1.82) is 5.26 Å². The number of rotatable bonds is 4. The summed E-state index contributed by atoms with van der Waals surface area (Å²) in [6, 6.07) is 21.1. The molecule has 3 nitrogen and oxygen atoms in total. The lowest BCUT2D eigenvalue weighted by Gasteiger charge is -2.46. The Hall–Kier alpha value is -2.15. The lowest BCUT2D eigenvalue weighted by molar-refractivity contribution is -0.152. The van der Waals surface area contributed by atoms with Crippen LogP contribution in [0.4, 0.5) is 0 Å². The summed E-state index contributed by atoms with van der Waals surface area (Å²) >= 11 is 0. The van der Waals surface area contributed by atoms with E-state index in [-0.39, 0.29) is 10.8 Å². The molecule has 4 atom stereocenters. The zero-order valence-corrected chi connectivity index (χ0v) is 15.2. The van der Waals surface area contributed by atoms with Gasteiger partial charge in [-0.3, -0.25) is 0 Å². The molecule has 3 saturated carbocycles. The lowest BCUT2D eigenvalue weighted by atomic mass is 9.54. The fourth-order valence-corrected chi connectivity index (χ4v) is 7.02. The van der Waals surface area contributed by atoms with Crippen LogP contribution in [0.2, 0.25) is 0 Å². The summed E-state index contributed by atoms with van der Waals surface area (Å²) in [5, 5.41) is 9.19. The van der Waals surface area contributed by atoms with Gasteiger partial charge in [0.25, 0.3) is 0 Å². The third-order valence-electron chi connectivity index (χ3n) is 7.50. The third-order valence-corrected chi connectivity index (χ3v) is 7.50. The fraction of sp³-hybridized carbons (Fsp3) is 0.435. The maximum absolute atomic E-state index is 9.19. The van der Waals surface area contributed by atoms with E-state index in [1.807, 2.05) is 12.1 Å². The van der Waals surface area contributed by atoms with E-state index in [0.717, 1.165) is 0 Å². The number of hydrogen-bond acceptors (Lipinski definition) is 3. The van der Waals surface area contributed by atoms with Crippen LogP contribution in [-0.2, 0) is 20.3 Å². The number of nitrogens with zero attached hydrogens (tertiary/aromatic N) is 1. The van der Waals surface area contributed by atoms with Gasteiger partial charge in [-0.1, -0.05) is 48.9 Å². The van der Waals surface area contributed by atoms with Gasteiger partial charge in [0.05, 0.1) is 22.5 Å². The van der Waals surface area contributed by atoms with E-state index in [0.29, 0.717) is 17.4 Å². The number of hydrogen-bond donors (Lipinski definition) is 0. The second-order valence-electron chi connectivity index (χ2n) is 7.84. The van der Waals surface area contributed by atoms with Gasteiger partial charge in [-0.05, 0) is 47.9 Å². The highest BCUT2D eigenvalue weighted by molar-refractivity contribution is 5.66. The summed E-state index contributed by atoms with van der Waals surface area (Å²) in [6.45, 7) is 0. The molecule has 0 radical (unpaired) electrons. The molecule has 0 heterocycles. The SMILES string of the molecule is COC1(OC)[C@]2(c3ccccc3)[C@H]3CCC[C@H]3[C@]12c1ccc(C#N)cc1. The first-order valence-electron chi connectivity index (χ1n) is 9.41. The molecule has 0 unspecified atom stereocenters. The molecule has 0 N–H and O–H groups in total. The van der Waals surface area contributed by atoms with Crippen LogP contribution in [0.5, 0.6) is 0 Å². The van der Waals surface area contributed by atoms with Crippen LogP contribution in [0.15, 0.2) is 54.6 Å². The van der Waals surface area contributed by atoms with E-state index in [2.05, 4.69) is 48.5 Å². The number of ether oxygens (including phenoxy) is 2. The number of methoxy groups -OCH3 is 2. The van der Waals surface area contributed by atoms with Crippen LogP contribution in [0.1, 0.15) is 36.0 Å². The van der Waals surface area contributed by atoms with Gasteiger partial charge in [0.2, 0.25) is 0 Å². The highest BCUT2D eigenvalue weighted by atomic mass is 16.7. The van der Waals surface area contributed by atoms with E-state index in [1.165, 1.54) is 30.4 Å². The van der Waals surface area contributed by atoms with Crippen LogP contribution < -0.4 is 0 Å². The van der Waals surface area contributed by atoms with Gasteiger partial charge in [-0.25, -0.2) is 0 Å². The molecule has 0 spiro atoms. The van der Waals surface area contributed by atoms with Crippen molar-refractivity contribution in [3.05, 3.63) is 71.3 Å². The zero-order chi connectivity index (χ0) is 18.0. The molecule has 3 aliphatic rings. The van der Waals surface area contributed by atoms with Crippen molar-refractivity contribution in [2.24, 2.45) is 11.8 Å². The van der Waals surface area contributed by atoms with Crippen molar-refractivity contribution < 1.29 is 9.47 Å². The molecule has 0 amide bonds. The van der Waals surface area contributed by atoms with E-state index >= 15 is 0 Å². The normalized spacial score (nSPS) is 35.7. The quantitative estimate of drug-likeness (QED) is 0.781. The molecular weight excluding hydrogens is 322 g/mol. The highest BCUT2D eigenvalue weighted by Crippen LogP contribution is 2.92. The molecule has 0 saturated heterocycles. The molecule has 3 aliphatic carbocycles. The van der Waals surface area contributed by atoms with Crippen LogP contribution in [0, 0.1) is 23.2 Å². The van der Waals surface area contributed by atoms with Gasteiger partial charge in [0.15, 0.2) is 5.79 Å². The molecule has 3 heteroatoms. The number of fused-ring (bicyclic) bond motifs is 4. The monoisotopic (exact) mass is 345 g/mol. The van der Waals surface area contributed by atoms with Gasteiger partial charge in [-0.2, -0.15) is 5.26 Å². The maximum Gasteiger partial charge on any atom is 0.189 e. The van der Waals surface area contributed by atoms with Crippen molar-refractivity contribution >= 4 is 0 Å². The van der Waals surface area contributed by atoms with E-state index in [4.69, 9.17) is 9.47 Å². The zero-order valence-electron chi connectivity index (χ0n) is 15.2. The summed E-state index contributed by atoms with van der Waals surface area (Å²) in [5.41, 5.74) is 2.95. The summed E-state index contributed by atoms with van der Waals surface area (Å²) in [5.74, 6) is 0.515. The van der Waals surface area contributed by atoms with E-state index in [1.54, 1.807) is 14.2 Å². The number of nitriles is 1. The summed E-state index contributed by atoms with van der Waals surface area (Å²) in [6.07, 6.45) is 3.71. The minimum absolute atomic E-state index is 0.139. The van der Waals surface area contributed by atoms with Crippen LogP contribution in [0.3, 0.4) is 0 Å². The van der Waals surface area contributed by atoms with Crippen LogP contribution in [-0.4, -0.2) is 20.0 Å². The largest absolute Gasteiger partial charge is 0.351 e. The van der Waals surface area contributed by atoms with Crippen molar-refractivity contribution in [3.8, 4) is 6.07 Å². The average molecular weight is 345 g/mol. The van der Waals surface area contributed by atoms with Crippen LogP contribution >= 0.6 is 0 Å². The molecule has 26 heavy (non-hydrogen) atoms. The van der Waals surface area contributed by atoms with Crippen molar-refractivity contribution in [1.82, 2.24) is 0 Å². The molecule has 0 aliphatic heterocycles. The Balaban J connectivity index is 1.76. The molecule has 3 fully saturated rings. The molecule has 132 valence electrons. The van der Waals surface area contributed by atoms with Gasteiger partial charge >= 0.3 is 0 Å². The first-order chi connectivity index (χ1) is 12.7. The Morgan fingerprint density at radius 1 is 0.846 bits per heavy atom. The third kappa shape index (κ3) is 1.38. The maximum atomic E-state index is 9.19. The Kier molecular flexibility index (Phi) is 3.20. The molecule has 2 aromatic rings. The lowest BCUT2D eigenvalue weighted by Crippen LogP contribution is -2.49. The smallest absolute Gasteiger partial charge is 0.189 e.